The average Bonchev–Trinajstić information content (AvgIpc) is 2.44. The van der Waals surface area contributed by atoms with Gasteiger partial charge in [0.25, 0.3) is 5.69 Å². The molecule has 20 heavy (non-hydrogen) atoms. The standard InChI is InChI=1S/C10H16N4O5S/c1-7(6-15)13(2)20(18,19)8-3-4-10(14(16)17)9(5-8)12-11/h3-5,7,12,15H,6,11H2,1-2H3. The Balaban J connectivity index is 3.30. The van der Waals surface area contributed by atoms with Crippen LogP contribution < -0.4 is 11.3 Å². The number of nitrogens with two attached hydrogens (primary N) is 1. The molecule has 9 nitrogen and oxygen atoms in total. The van der Waals surface area contributed by atoms with Crippen LogP contribution >= 0.6 is 0 Å². The van der Waals surface area contributed by atoms with Gasteiger partial charge in [-0.3, -0.25) is 16.0 Å². The number of aliphatic hydroxyl groups excluding tert-OH is 1. The van der Waals surface area contributed by atoms with Crippen molar-refractivity contribution in [2.75, 3.05) is 19.1 Å². The van der Waals surface area contributed by atoms with E-state index in [4.69, 9.17) is 10.9 Å². The van der Waals surface area contributed by atoms with Crippen molar-refractivity contribution in [1.29, 1.82) is 0 Å². The Morgan fingerprint density at radius 3 is 2.60 bits per heavy atom. The summed E-state index contributed by atoms with van der Waals surface area (Å²) in [5, 5.41) is 19.8. The van der Waals surface area contributed by atoms with Gasteiger partial charge in [0, 0.05) is 19.2 Å². The maximum Gasteiger partial charge on any atom is 0.293 e. The van der Waals surface area contributed by atoms with E-state index in [-0.39, 0.29) is 22.9 Å². The summed E-state index contributed by atoms with van der Waals surface area (Å²) in [5.74, 6) is 5.16. The third-order valence-corrected chi connectivity index (χ3v) is 4.85. The Morgan fingerprint density at radius 2 is 2.15 bits per heavy atom. The summed E-state index contributed by atoms with van der Waals surface area (Å²) in [4.78, 5) is 9.92. The number of benzene rings is 1. The van der Waals surface area contributed by atoms with Gasteiger partial charge in [-0.05, 0) is 19.1 Å². The lowest BCUT2D eigenvalue weighted by atomic mass is 10.3. The normalized spacial score (nSPS) is 13.2. The zero-order chi connectivity index (χ0) is 15.5. The number of hydrogen-bond acceptors (Lipinski definition) is 7. The molecule has 0 amide bonds. The van der Waals surface area contributed by atoms with Crippen LogP contribution in [-0.4, -0.2) is 42.4 Å². The minimum Gasteiger partial charge on any atom is -0.395 e. The number of hydrogen-bond donors (Lipinski definition) is 3. The highest BCUT2D eigenvalue weighted by atomic mass is 32.2. The third-order valence-electron chi connectivity index (χ3n) is 2.88. The highest BCUT2D eigenvalue weighted by Gasteiger charge is 2.27. The van der Waals surface area contributed by atoms with Crippen LogP contribution in [0.4, 0.5) is 11.4 Å². The van der Waals surface area contributed by atoms with Crippen molar-refractivity contribution in [3.8, 4) is 0 Å². The number of nitrogens with zero attached hydrogens (tertiary/aromatic N) is 2. The molecule has 1 aromatic rings. The van der Waals surface area contributed by atoms with E-state index < -0.39 is 21.0 Å². The van der Waals surface area contributed by atoms with E-state index in [2.05, 4.69) is 5.43 Å². The molecule has 0 aliphatic carbocycles. The Labute approximate surface area is 116 Å². The molecule has 1 rings (SSSR count). The van der Waals surface area contributed by atoms with Gasteiger partial charge in [0.2, 0.25) is 10.0 Å². The molecule has 0 radical (unpaired) electrons. The number of aliphatic hydroxyl groups is 1. The summed E-state index contributed by atoms with van der Waals surface area (Å²) in [6.07, 6.45) is 0. The van der Waals surface area contributed by atoms with Crippen molar-refractivity contribution < 1.29 is 18.4 Å². The van der Waals surface area contributed by atoms with E-state index in [1.165, 1.54) is 14.0 Å². The molecule has 1 unspecified atom stereocenters. The van der Waals surface area contributed by atoms with Crippen LogP contribution in [0.25, 0.3) is 0 Å². The Hall–Kier alpha value is -1.75. The highest BCUT2D eigenvalue weighted by molar-refractivity contribution is 7.89. The van der Waals surface area contributed by atoms with Crippen molar-refractivity contribution in [2.45, 2.75) is 17.9 Å². The first-order valence-corrected chi connectivity index (χ1v) is 7.03. The van der Waals surface area contributed by atoms with Crippen molar-refractivity contribution in [3.05, 3.63) is 28.3 Å². The van der Waals surface area contributed by atoms with Gasteiger partial charge in [-0.1, -0.05) is 0 Å². The van der Waals surface area contributed by atoms with Gasteiger partial charge in [0.1, 0.15) is 5.69 Å². The largest absolute Gasteiger partial charge is 0.395 e. The van der Waals surface area contributed by atoms with Crippen LogP contribution in [0.3, 0.4) is 0 Å². The number of hydrazine groups is 1. The molecule has 0 aromatic heterocycles. The van der Waals surface area contributed by atoms with E-state index in [0.29, 0.717) is 0 Å². The number of nitro benzene ring substituents is 1. The molecule has 0 bridgehead atoms. The molecular weight excluding hydrogens is 288 g/mol. The quantitative estimate of drug-likeness (QED) is 0.378. The Bertz CT molecular complexity index is 604. The average molecular weight is 304 g/mol. The van der Waals surface area contributed by atoms with E-state index in [0.717, 1.165) is 22.5 Å². The van der Waals surface area contributed by atoms with Crippen molar-refractivity contribution in [1.82, 2.24) is 4.31 Å². The maximum absolute atomic E-state index is 12.3. The van der Waals surface area contributed by atoms with Crippen molar-refractivity contribution in [3.63, 3.8) is 0 Å². The smallest absolute Gasteiger partial charge is 0.293 e. The lowest BCUT2D eigenvalue weighted by molar-refractivity contribution is -0.384. The van der Waals surface area contributed by atoms with E-state index in [9.17, 15) is 18.5 Å². The predicted molar refractivity (Wildman–Crippen MR) is 72.4 cm³/mol. The minimum atomic E-state index is -3.87. The monoisotopic (exact) mass is 304 g/mol. The molecule has 0 aliphatic heterocycles. The molecule has 4 N–H and O–H groups in total. The first-order chi connectivity index (χ1) is 9.25. The van der Waals surface area contributed by atoms with Gasteiger partial charge < -0.3 is 10.5 Å². The first-order valence-electron chi connectivity index (χ1n) is 5.59. The van der Waals surface area contributed by atoms with Gasteiger partial charge in [-0.2, -0.15) is 4.31 Å². The SMILES string of the molecule is CC(CO)N(C)S(=O)(=O)c1ccc([N+](=O)[O-])c(NN)c1. The fourth-order valence-corrected chi connectivity index (χ4v) is 2.85. The van der Waals surface area contributed by atoms with Gasteiger partial charge in [-0.25, -0.2) is 8.42 Å². The molecule has 0 fully saturated rings. The maximum atomic E-state index is 12.3. The lowest BCUT2D eigenvalue weighted by Crippen LogP contribution is -2.37. The first kappa shape index (κ1) is 16.3. The van der Waals surface area contributed by atoms with Crippen LogP contribution in [0.1, 0.15) is 6.92 Å². The van der Waals surface area contributed by atoms with Gasteiger partial charge in [0.05, 0.1) is 16.4 Å². The fraction of sp³-hybridized carbons (Fsp3) is 0.400. The summed E-state index contributed by atoms with van der Waals surface area (Å²) >= 11 is 0. The van der Waals surface area contributed by atoms with E-state index in [1.807, 2.05) is 0 Å². The zero-order valence-electron chi connectivity index (χ0n) is 11.0. The van der Waals surface area contributed by atoms with Gasteiger partial charge in [-0.15, -0.1) is 0 Å². The molecule has 0 aliphatic rings. The molecular formula is C10H16N4O5S. The van der Waals surface area contributed by atoms with Crippen LogP contribution in [-0.2, 0) is 10.0 Å². The van der Waals surface area contributed by atoms with Crippen LogP contribution in [0.5, 0.6) is 0 Å². The topological polar surface area (TPSA) is 139 Å². The summed E-state index contributed by atoms with van der Waals surface area (Å²) in [5.41, 5.74) is 1.66. The van der Waals surface area contributed by atoms with E-state index in [1.54, 1.807) is 0 Å². The second-order valence-corrected chi connectivity index (χ2v) is 6.13. The van der Waals surface area contributed by atoms with Crippen LogP contribution in [0, 0.1) is 10.1 Å². The molecule has 10 heteroatoms. The zero-order valence-corrected chi connectivity index (χ0v) is 11.8. The summed E-state index contributed by atoms with van der Waals surface area (Å²) in [6.45, 7) is 1.19. The fourth-order valence-electron chi connectivity index (χ4n) is 1.47. The molecule has 1 aromatic carbocycles. The molecule has 0 saturated heterocycles. The number of nitrogens with one attached hydrogen (secondary N) is 1. The molecule has 1 atom stereocenters. The third kappa shape index (κ3) is 3.04. The predicted octanol–water partition coefficient (Wildman–Crippen LogP) is -0.118. The van der Waals surface area contributed by atoms with Gasteiger partial charge >= 0.3 is 0 Å². The lowest BCUT2D eigenvalue weighted by Gasteiger charge is -2.22. The number of nitro groups is 1. The number of likely N-dealkylation sites (N-methyl/N-ethyl adjacent to an activating group) is 1. The Kier molecular flexibility index (Phi) is 5.00. The van der Waals surface area contributed by atoms with E-state index >= 15 is 0 Å². The van der Waals surface area contributed by atoms with Crippen molar-refractivity contribution in [2.24, 2.45) is 5.84 Å². The van der Waals surface area contributed by atoms with Gasteiger partial charge in [0.15, 0.2) is 0 Å². The van der Waals surface area contributed by atoms with Crippen LogP contribution in [0.2, 0.25) is 0 Å². The Morgan fingerprint density at radius 1 is 1.55 bits per heavy atom. The van der Waals surface area contributed by atoms with Crippen molar-refractivity contribution >= 4 is 21.4 Å². The molecule has 0 heterocycles. The summed E-state index contributed by atoms with van der Waals surface area (Å²) < 4.78 is 25.5. The summed E-state index contributed by atoms with van der Waals surface area (Å²) in [7, 11) is -2.56. The number of nitrogen functional groups attached to an aromatic ring is 1. The second kappa shape index (κ2) is 6.13. The second-order valence-electron chi connectivity index (χ2n) is 4.13. The summed E-state index contributed by atoms with van der Waals surface area (Å²) in [6, 6.07) is 2.63. The number of anilines is 1. The highest BCUT2D eigenvalue weighted by Crippen LogP contribution is 2.28. The number of rotatable bonds is 6. The minimum absolute atomic E-state index is 0.110. The molecule has 112 valence electrons. The molecule has 0 spiro atoms. The number of sulfonamides is 1. The van der Waals surface area contributed by atoms with Crippen LogP contribution in [0.15, 0.2) is 23.1 Å². The molecule has 0 saturated carbocycles.